The fourth-order valence-electron chi connectivity index (χ4n) is 1.74. The molecular formula is C14H11Cl2FN2O. The number of benzene rings is 2. The molecule has 2 aromatic carbocycles. The smallest absolute Gasteiger partial charge is 0.244 e. The molecule has 3 N–H and O–H groups in total. The second kappa shape index (κ2) is 6.11. The van der Waals surface area contributed by atoms with Gasteiger partial charge in [-0.15, -0.1) is 0 Å². The fourth-order valence-corrected chi connectivity index (χ4v) is 2.05. The minimum atomic E-state index is -0.901. The highest BCUT2D eigenvalue weighted by Gasteiger charge is 2.19. The lowest BCUT2D eigenvalue weighted by Crippen LogP contribution is -2.27. The van der Waals surface area contributed by atoms with Gasteiger partial charge in [0.25, 0.3) is 0 Å². The molecule has 6 heteroatoms. The highest BCUT2D eigenvalue weighted by atomic mass is 35.5. The van der Waals surface area contributed by atoms with Gasteiger partial charge in [0.15, 0.2) is 0 Å². The SMILES string of the molecule is NC(=O)C(Nc1ccccc1Cl)c1ccc(Cl)c(F)c1. The number of rotatable bonds is 4. The third-order valence-electron chi connectivity index (χ3n) is 2.74. The van der Waals surface area contributed by atoms with Gasteiger partial charge in [0.1, 0.15) is 11.9 Å². The summed E-state index contributed by atoms with van der Waals surface area (Å²) in [6.45, 7) is 0. The van der Waals surface area contributed by atoms with E-state index in [0.717, 1.165) is 0 Å². The molecular weight excluding hydrogens is 302 g/mol. The van der Waals surface area contributed by atoms with Crippen LogP contribution in [0.1, 0.15) is 11.6 Å². The van der Waals surface area contributed by atoms with Crippen molar-refractivity contribution in [2.75, 3.05) is 5.32 Å². The molecule has 1 unspecified atom stereocenters. The zero-order valence-electron chi connectivity index (χ0n) is 10.2. The van der Waals surface area contributed by atoms with Gasteiger partial charge in [-0.25, -0.2) is 4.39 Å². The van der Waals surface area contributed by atoms with Gasteiger partial charge in [-0.3, -0.25) is 4.79 Å². The summed E-state index contributed by atoms with van der Waals surface area (Å²) in [6.07, 6.45) is 0. The summed E-state index contributed by atoms with van der Waals surface area (Å²) in [5.41, 5.74) is 6.26. The first-order chi connectivity index (χ1) is 9.49. The molecule has 0 fully saturated rings. The molecule has 0 bridgehead atoms. The summed E-state index contributed by atoms with van der Waals surface area (Å²) in [4.78, 5) is 11.6. The molecule has 0 aliphatic heterocycles. The molecule has 104 valence electrons. The highest BCUT2D eigenvalue weighted by molar-refractivity contribution is 6.33. The fraction of sp³-hybridized carbons (Fsp3) is 0.0714. The molecule has 0 aliphatic rings. The van der Waals surface area contributed by atoms with E-state index in [0.29, 0.717) is 16.3 Å². The van der Waals surface area contributed by atoms with Crippen LogP contribution >= 0.6 is 23.2 Å². The van der Waals surface area contributed by atoms with E-state index in [1.807, 2.05) is 0 Å². The molecule has 20 heavy (non-hydrogen) atoms. The molecule has 0 spiro atoms. The predicted octanol–water partition coefficient (Wildman–Crippen LogP) is 3.77. The Balaban J connectivity index is 2.34. The summed E-state index contributed by atoms with van der Waals surface area (Å²) >= 11 is 11.6. The number of hydrogen-bond acceptors (Lipinski definition) is 2. The Kier molecular flexibility index (Phi) is 4.47. The average Bonchev–Trinajstić information content (AvgIpc) is 2.41. The number of primary amides is 1. The van der Waals surface area contributed by atoms with E-state index in [1.54, 1.807) is 24.3 Å². The Labute approximate surface area is 125 Å². The van der Waals surface area contributed by atoms with Gasteiger partial charge in [-0.1, -0.05) is 41.4 Å². The molecule has 3 nitrogen and oxygen atoms in total. The van der Waals surface area contributed by atoms with Crippen LogP contribution in [0.5, 0.6) is 0 Å². The summed E-state index contributed by atoms with van der Waals surface area (Å²) in [5.74, 6) is -1.26. The Morgan fingerprint density at radius 3 is 2.45 bits per heavy atom. The highest BCUT2D eigenvalue weighted by Crippen LogP contribution is 2.27. The molecule has 2 rings (SSSR count). The largest absolute Gasteiger partial charge is 0.369 e. The van der Waals surface area contributed by atoms with Crippen LogP contribution in [-0.4, -0.2) is 5.91 Å². The van der Waals surface area contributed by atoms with Crippen molar-refractivity contribution >= 4 is 34.8 Å². The predicted molar refractivity (Wildman–Crippen MR) is 78.4 cm³/mol. The van der Waals surface area contributed by atoms with Crippen molar-refractivity contribution in [3.8, 4) is 0 Å². The number of hydrogen-bond donors (Lipinski definition) is 2. The van der Waals surface area contributed by atoms with Gasteiger partial charge in [0, 0.05) is 0 Å². The minimum absolute atomic E-state index is 0.0188. The molecule has 0 aliphatic carbocycles. The lowest BCUT2D eigenvalue weighted by molar-refractivity contribution is -0.118. The van der Waals surface area contributed by atoms with E-state index in [2.05, 4.69) is 5.32 Å². The Bertz CT molecular complexity index is 649. The second-order valence-corrected chi connectivity index (χ2v) is 4.95. The van der Waals surface area contributed by atoms with E-state index in [1.165, 1.54) is 18.2 Å². The van der Waals surface area contributed by atoms with Gasteiger partial charge in [0.05, 0.1) is 15.7 Å². The zero-order valence-corrected chi connectivity index (χ0v) is 11.8. The lowest BCUT2D eigenvalue weighted by atomic mass is 10.1. The van der Waals surface area contributed by atoms with Crippen molar-refractivity contribution in [1.29, 1.82) is 0 Å². The van der Waals surface area contributed by atoms with Crippen LogP contribution in [0.3, 0.4) is 0 Å². The molecule has 0 radical (unpaired) electrons. The van der Waals surface area contributed by atoms with Gasteiger partial charge >= 0.3 is 0 Å². The van der Waals surface area contributed by atoms with E-state index in [4.69, 9.17) is 28.9 Å². The van der Waals surface area contributed by atoms with Crippen LogP contribution in [0.15, 0.2) is 42.5 Å². The minimum Gasteiger partial charge on any atom is -0.369 e. The van der Waals surface area contributed by atoms with Crippen LogP contribution in [0.25, 0.3) is 0 Å². The van der Waals surface area contributed by atoms with Crippen LogP contribution in [0.2, 0.25) is 10.0 Å². The number of carbonyl (C=O) groups excluding carboxylic acids is 1. The van der Waals surface area contributed by atoms with Gasteiger partial charge < -0.3 is 11.1 Å². The Hall–Kier alpha value is -1.78. The van der Waals surface area contributed by atoms with Gasteiger partial charge in [-0.2, -0.15) is 0 Å². The maximum atomic E-state index is 13.5. The number of nitrogens with two attached hydrogens (primary N) is 1. The van der Waals surface area contributed by atoms with E-state index in [9.17, 15) is 9.18 Å². The first kappa shape index (κ1) is 14.6. The zero-order chi connectivity index (χ0) is 14.7. The number of para-hydroxylation sites is 1. The number of nitrogens with one attached hydrogen (secondary N) is 1. The normalized spacial score (nSPS) is 11.9. The molecule has 0 heterocycles. The Morgan fingerprint density at radius 1 is 1.15 bits per heavy atom. The third kappa shape index (κ3) is 3.21. The first-order valence-corrected chi connectivity index (χ1v) is 6.50. The van der Waals surface area contributed by atoms with Crippen molar-refractivity contribution < 1.29 is 9.18 Å². The summed E-state index contributed by atoms with van der Waals surface area (Å²) < 4.78 is 13.5. The summed E-state index contributed by atoms with van der Waals surface area (Å²) in [5, 5.41) is 3.31. The summed E-state index contributed by atoms with van der Waals surface area (Å²) in [6, 6.07) is 10.1. The molecule has 0 saturated heterocycles. The van der Waals surface area contributed by atoms with Crippen molar-refractivity contribution in [2.24, 2.45) is 5.73 Å². The maximum absolute atomic E-state index is 13.5. The summed E-state index contributed by atoms with van der Waals surface area (Å²) in [7, 11) is 0. The van der Waals surface area contributed by atoms with Crippen molar-refractivity contribution in [1.82, 2.24) is 0 Å². The van der Waals surface area contributed by atoms with Crippen LogP contribution < -0.4 is 11.1 Å². The van der Waals surface area contributed by atoms with E-state index < -0.39 is 17.8 Å². The molecule has 1 atom stereocenters. The van der Waals surface area contributed by atoms with Crippen molar-refractivity contribution in [2.45, 2.75) is 6.04 Å². The topological polar surface area (TPSA) is 55.1 Å². The molecule has 1 amide bonds. The van der Waals surface area contributed by atoms with E-state index in [-0.39, 0.29) is 5.02 Å². The van der Waals surface area contributed by atoms with Crippen molar-refractivity contribution in [3.63, 3.8) is 0 Å². The van der Waals surface area contributed by atoms with Crippen LogP contribution in [0.4, 0.5) is 10.1 Å². The third-order valence-corrected chi connectivity index (χ3v) is 3.37. The number of amides is 1. The standard InChI is InChI=1S/C14H11Cl2FN2O/c15-9-6-5-8(7-11(9)17)13(14(18)20)19-12-4-2-1-3-10(12)16/h1-7,13,19H,(H2,18,20). The number of halogens is 3. The molecule has 2 aromatic rings. The van der Waals surface area contributed by atoms with Crippen LogP contribution in [-0.2, 0) is 4.79 Å². The average molecular weight is 313 g/mol. The first-order valence-electron chi connectivity index (χ1n) is 5.74. The van der Waals surface area contributed by atoms with E-state index >= 15 is 0 Å². The molecule has 0 aromatic heterocycles. The lowest BCUT2D eigenvalue weighted by Gasteiger charge is -2.18. The quantitative estimate of drug-likeness (QED) is 0.903. The monoisotopic (exact) mass is 312 g/mol. The van der Waals surface area contributed by atoms with Gasteiger partial charge in [-0.05, 0) is 29.8 Å². The second-order valence-electron chi connectivity index (χ2n) is 4.13. The van der Waals surface area contributed by atoms with Crippen molar-refractivity contribution in [3.05, 3.63) is 63.9 Å². The Morgan fingerprint density at radius 2 is 1.85 bits per heavy atom. The number of carbonyl (C=O) groups is 1. The molecule has 0 saturated carbocycles. The maximum Gasteiger partial charge on any atom is 0.244 e. The van der Waals surface area contributed by atoms with Gasteiger partial charge in [0.2, 0.25) is 5.91 Å². The number of anilines is 1. The van der Waals surface area contributed by atoms with Crippen LogP contribution in [0, 0.1) is 5.82 Å².